The van der Waals surface area contributed by atoms with Gasteiger partial charge in [0, 0.05) is 36.6 Å². The number of nitrogens with zero attached hydrogens (tertiary/aromatic N) is 2. The summed E-state index contributed by atoms with van der Waals surface area (Å²) in [4.78, 5) is 30.2. The zero-order valence-corrected chi connectivity index (χ0v) is 15.5. The van der Waals surface area contributed by atoms with Crippen LogP contribution in [0.1, 0.15) is 47.5 Å². The van der Waals surface area contributed by atoms with E-state index in [1.807, 2.05) is 36.0 Å². The Balaban J connectivity index is 1.54. The average Bonchev–Trinajstić information content (AvgIpc) is 3.15. The number of hydrogen-bond donors (Lipinski definition) is 0. The number of carbonyl (C=O) groups excluding carboxylic acids is 2. The summed E-state index contributed by atoms with van der Waals surface area (Å²) in [5, 5.41) is 0. The van der Waals surface area contributed by atoms with Crippen molar-refractivity contribution in [1.82, 2.24) is 9.80 Å². The van der Waals surface area contributed by atoms with Gasteiger partial charge in [-0.2, -0.15) is 11.8 Å². The van der Waals surface area contributed by atoms with E-state index in [1.54, 1.807) is 0 Å². The maximum absolute atomic E-state index is 13.4. The average molecular weight is 359 g/mol. The van der Waals surface area contributed by atoms with Gasteiger partial charge in [-0.05, 0) is 37.9 Å². The van der Waals surface area contributed by atoms with Crippen LogP contribution >= 0.6 is 11.8 Å². The van der Waals surface area contributed by atoms with Crippen molar-refractivity contribution in [2.45, 2.75) is 37.6 Å². The van der Waals surface area contributed by atoms with Gasteiger partial charge in [0.25, 0.3) is 0 Å². The molecule has 0 saturated carbocycles. The molecule has 1 aliphatic carbocycles. The van der Waals surface area contributed by atoms with Gasteiger partial charge >= 0.3 is 0 Å². The zero-order chi connectivity index (χ0) is 17.2. The lowest BCUT2D eigenvalue weighted by Gasteiger charge is -2.40. The number of amides is 1. The molecule has 0 radical (unpaired) electrons. The van der Waals surface area contributed by atoms with Gasteiger partial charge in [0.15, 0.2) is 5.78 Å². The molecule has 1 aromatic carbocycles. The molecule has 2 saturated heterocycles. The van der Waals surface area contributed by atoms with E-state index in [0.29, 0.717) is 18.9 Å². The Labute approximate surface area is 153 Å². The summed E-state index contributed by atoms with van der Waals surface area (Å²) >= 11 is 1.97. The van der Waals surface area contributed by atoms with Gasteiger partial charge in [-0.25, -0.2) is 0 Å². The van der Waals surface area contributed by atoms with Crippen molar-refractivity contribution in [3.63, 3.8) is 0 Å². The number of fused-ring (bicyclic) bond motifs is 1. The minimum Gasteiger partial charge on any atom is -0.336 e. The van der Waals surface area contributed by atoms with E-state index in [9.17, 15) is 9.59 Å². The van der Waals surface area contributed by atoms with Crippen molar-refractivity contribution in [1.29, 1.82) is 0 Å². The Kier molecular flexibility index (Phi) is 5.13. The topological polar surface area (TPSA) is 40.6 Å². The molecule has 2 heterocycles. The van der Waals surface area contributed by atoms with E-state index >= 15 is 0 Å². The molecule has 4 rings (SSSR count). The summed E-state index contributed by atoms with van der Waals surface area (Å²) in [7, 11) is 0. The summed E-state index contributed by atoms with van der Waals surface area (Å²) in [6, 6.07) is 8.02. The van der Waals surface area contributed by atoms with Crippen LogP contribution in [0.4, 0.5) is 0 Å². The second kappa shape index (κ2) is 7.50. The fraction of sp³-hybridized carbons (Fsp3) is 0.600. The smallest absolute Gasteiger partial charge is 0.230 e. The lowest BCUT2D eigenvalue weighted by molar-refractivity contribution is -0.135. The van der Waals surface area contributed by atoms with Gasteiger partial charge < -0.3 is 9.80 Å². The molecule has 25 heavy (non-hydrogen) atoms. The van der Waals surface area contributed by atoms with Gasteiger partial charge in [-0.1, -0.05) is 24.3 Å². The first-order valence-electron chi connectivity index (χ1n) is 9.47. The quantitative estimate of drug-likeness (QED) is 0.833. The Morgan fingerprint density at radius 1 is 1.16 bits per heavy atom. The highest BCUT2D eigenvalue weighted by molar-refractivity contribution is 7.99. The molecule has 0 aromatic heterocycles. The molecular formula is C20H26N2O2S. The van der Waals surface area contributed by atoms with Crippen LogP contribution in [0, 0.1) is 0 Å². The number of carbonyl (C=O) groups is 2. The van der Waals surface area contributed by atoms with E-state index in [2.05, 4.69) is 9.80 Å². The van der Waals surface area contributed by atoms with E-state index in [0.717, 1.165) is 35.7 Å². The minimum atomic E-state index is -0.141. The van der Waals surface area contributed by atoms with Crippen LogP contribution in [-0.2, 0) is 4.79 Å². The van der Waals surface area contributed by atoms with Crippen molar-refractivity contribution in [3.05, 3.63) is 35.4 Å². The van der Waals surface area contributed by atoms with Crippen molar-refractivity contribution in [2.24, 2.45) is 0 Å². The predicted molar refractivity (Wildman–Crippen MR) is 101 cm³/mol. The van der Waals surface area contributed by atoms with E-state index in [4.69, 9.17) is 0 Å². The maximum atomic E-state index is 13.4. The molecule has 1 aromatic rings. The third-order valence-corrected chi connectivity index (χ3v) is 6.86. The third kappa shape index (κ3) is 3.49. The highest BCUT2D eigenvalue weighted by atomic mass is 32.2. The van der Waals surface area contributed by atoms with Gasteiger partial charge in [-0.3, -0.25) is 9.59 Å². The summed E-state index contributed by atoms with van der Waals surface area (Å²) < 4.78 is 0. The highest BCUT2D eigenvalue weighted by Crippen LogP contribution is 2.34. The summed E-state index contributed by atoms with van der Waals surface area (Å²) in [5.41, 5.74) is 1.71. The van der Waals surface area contributed by atoms with Crippen LogP contribution < -0.4 is 0 Å². The standard InChI is InChI=1S/C20H26N2O2S/c23-19-8-7-18(16-5-1-2-6-17(16)19)20(24)22-11-12-25-14-15(22)13-21-9-3-4-10-21/h1-2,5-6,15,18H,3-4,7-14H2. The monoisotopic (exact) mass is 358 g/mol. The van der Waals surface area contributed by atoms with Crippen molar-refractivity contribution in [2.75, 3.05) is 37.7 Å². The molecule has 4 nitrogen and oxygen atoms in total. The number of likely N-dealkylation sites (tertiary alicyclic amines) is 1. The highest BCUT2D eigenvalue weighted by Gasteiger charge is 2.37. The molecule has 0 spiro atoms. The fourth-order valence-corrected chi connectivity index (χ4v) is 5.49. The normalized spacial score (nSPS) is 27.4. The first-order chi connectivity index (χ1) is 12.2. The summed E-state index contributed by atoms with van der Waals surface area (Å²) in [6.07, 6.45) is 3.72. The zero-order valence-electron chi connectivity index (χ0n) is 14.7. The van der Waals surface area contributed by atoms with Crippen LogP contribution in [0.2, 0.25) is 0 Å². The lowest BCUT2D eigenvalue weighted by Crippen LogP contribution is -2.52. The number of benzene rings is 1. The number of rotatable bonds is 3. The van der Waals surface area contributed by atoms with Crippen LogP contribution in [0.3, 0.4) is 0 Å². The summed E-state index contributed by atoms with van der Waals surface area (Å²) in [5.74, 6) is 2.34. The Morgan fingerprint density at radius 3 is 2.80 bits per heavy atom. The molecule has 2 aliphatic heterocycles. The van der Waals surface area contributed by atoms with Crippen molar-refractivity contribution in [3.8, 4) is 0 Å². The molecule has 1 amide bonds. The fourth-order valence-electron chi connectivity index (χ4n) is 4.44. The number of hydrogen-bond acceptors (Lipinski definition) is 4. The van der Waals surface area contributed by atoms with Crippen molar-refractivity contribution >= 4 is 23.5 Å². The number of ketones is 1. The number of Topliss-reactive ketones (excluding diaryl/α,β-unsaturated/α-hetero) is 1. The lowest BCUT2D eigenvalue weighted by atomic mass is 9.81. The van der Waals surface area contributed by atoms with Gasteiger partial charge in [0.2, 0.25) is 5.91 Å². The van der Waals surface area contributed by atoms with Gasteiger partial charge in [0.05, 0.1) is 12.0 Å². The molecule has 2 atom stereocenters. The number of thioether (sulfide) groups is 1. The first kappa shape index (κ1) is 17.1. The van der Waals surface area contributed by atoms with E-state index < -0.39 is 0 Å². The maximum Gasteiger partial charge on any atom is 0.230 e. The Morgan fingerprint density at radius 2 is 1.96 bits per heavy atom. The van der Waals surface area contributed by atoms with Crippen LogP contribution in [0.25, 0.3) is 0 Å². The molecule has 3 aliphatic rings. The van der Waals surface area contributed by atoms with Crippen LogP contribution in [-0.4, -0.2) is 65.2 Å². The largest absolute Gasteiger partial charge is 0.336 e. The molecule has 0 bridgehead atoms. The first-order valence-corrected chi connectivity index (χ1v) is 10.6. The summed E-state index contributed by atoms with van der Waals surface area (Å²) in [6.45, 7) is 4.19. The minimum absolute atomic E-state index is 0.141. The molecule has 2 fully saturated rings. The Hall–Kier alpha value is -1.33. The molecule has 5 heteroatoms. The molecular weight excluding hydrogens is 332 g/mol. The van der Waals surface area contributed by atoms with Gasteiger partial charge in [-0.15, -0.1) is 0 Å². The van der Waals surface area contributed by atoms with Crippen molar-refractivity contribution < 1.29 is 9.59 Å². The van der Waals surface area contributed by atoms with Gasteiger partial charge in [0.1, 0.15) is 0 Å². The third-order valence-electron chi connectivity index (χ3n) is 5.77. The Bertz CT molecular complexity index is 657. The molecule has 134 valence electrons. The molecule has 0 N–H and O–H groups in total. The second-order valence-electron chi connectivity index (χ2n) is 7.37. The molecule has 2 unspecified atom stereocenters. The van der Waals surface area contributed by atoms with E-state index in [1.165, 1.54) is 25.9 Å². The predicted octanol–water partition coefficient (Wildman–Crippen LogP) is 2.79. The second-order valence-corrected chi connectivity index (χ2v) is 8.52. The van der Waals surface area contributed by atoms with Crippen LogP contribution in [0.15, 0.2) is 24.3 Å². The van der Waals surface area contributed by atoms with E-state index in [-0.39, 0.29) is 17.6 Å². The van der Waals surface area contributed by atoms with Crippen LogP contribution in [0.5, 0.6) is 0 Å². The SMILES string of the molecule is O=C1CCC(C(=O)N2CCSCC2CN2CCCC2)c2ccccc21.